The van der Waals surface area contributed by atoms with Crippen LogP contribution in [0.1, 0.15) is 25.7 Å². The van der Waals surface area contributed by atoms with Crippen LogP contribution >= 0.6 is 0 Å². The average Bonchev–Trinajstić information content (AvgIpc) is 2.29. The zero-order valence-corrected chi connectivity index (χ0v) is 6.42. The summed E-state index contributed by atoms with van der Waals surface area (Å²) in [6.07, 6.45) is 6.13. The molecule has 0 aromatic carbocycles. The number of hydrogen-bond acceptors (Lipinski definition) is 1. The van der Waals surface area contributed by atoms with Crippen LogP contribution in [0.3, 0.4) is 0 Å². The third-order valence-corrected chi connectivity index (χ3v) is 3.71. The normalized spacial score (nSPS) is 57.6. The van der Waals surface area contributed by atoms with Crippen molar-refractivity contribution in [2.24, 2.45) is 11.8 Å². The Hall–Kier alpha value is -0.0400. The Balaban J connectivity index is 1.84. The van der Waals surface area contributed by atoms with Crippen LogP contribution in [0.4, 0.5) is 0 Å². The Kier molecular flexibility index (Phi) is 0.984. The highest BCUT2D eigenvalue weighted by molar-refractivity contribution is 4.99. The van der Waals surface area contributed by atoms with Gasteiger partial charge in [-0.1, -0.05) is 6.42 Å². The minimum atomic E-state index is 1.03. The first kappa shape index (κ1) is 5.59. The van der Waals surface area contributed by atoms with Crippen LogP contribution < -0.4 is 0 Å². The van der Waals surface area contributed by atoms with Crippen molar-refractivity contribution in [3.63, 3.8) is 0 Å². The van der Waals surface area contributed by atoms with Gasteiger partial charge in [-0.15, -0.1) is 0 Å². The fraction of sp³-hybridized carbons (Fsp3) is 1.00. The minimum Gasteiger partial charge on any atom is -0.299 e. The van der Waals surface area contributed by atoms with Crippen LogP contribution in [0.2, 0.25) is 0 Å². The van der Waals surface area contributed by atoms with Gasteiger partial charge in [-0.25, -0.2) is 0 Å². The first-order valence-electron chi connectivity index (χ1n) is 4.67. The van der Waals surface area contributed by atoms with E-state index in [4.69, 9.17) is 0 Å². The van der Waals surface area contributed by atoms with E-state index in [9.17, 15) is 0 Å². The van der Waals surface area contributed by atoms with Crippen LogP contribution in [-0.2, 0) is 0 Å². The maximum Gasteiger partial charge on any atom is 0.0124 e. The molecule has 0 radical (unpaired) electrons. The van der Waals surface area contributed by atoms with Crippen LogP contribution in [0.15, 0.2) is 0 Å². The molecule has 0 amide bonds. The van der Waals surface area contributed by atoms with E-state index in [-0.39, 0.29) is 0 Å². The van der Waals surface area contributed by atoms with Gasteiger partial charge in [0.1, 0.15) is 0 Å². The summed E-state index contributed by atoms with van der Waals surface area (Å²) in [6.45, 7) is 2.89. The van der Waals surface area contributed by atoms with Gasteiger partial charge in [0.15, 0.2) is 0 Å². The molecule has 1 heteroatoms. The van der Waals surface area contributed by atoms with E-state index >= 15 is 0 Å². The van der Waals surface area contributed by atoms with E-state index < -0.39 is 0 Å². The zero-order chi connectivity index (χ0) is 6.55. The second-order valence-corrected chi connectivity index (χ2v) is 4.31. The summed E-state index contributed by atoms with van der Waals surface area (Å²) in [5.41, 5.74) is 0. The molecule has 4 aliphatic rings. The Morgan fingerprint density at radius 1 is 1.10 bits per heavy atom. The summed E-state index contributed by atoms with van der Waals surface area (Å²) in [4.78, 5) is 2.71. The highest BCUT2D eigenvalue weighted by atomic mass is 15.2. The van der Waals surface area contributed by atoms with Gasteiger partial charge >= 0.3 is 0 Å². The van der Waals surface area contributed by atoms with Crippen molar-refractivity contribution in [1.82, 2.24) is 4.90 Å². The van der Waals surface area contributed by atoms with E-state index in [1.165, 1.54) is 32.4 Å². The lowest BCUT2D eigenvalue weighted by molar-refractivity contribution is -0.0312. The first-order chi connectivity index (χ1) is 4.93. The molecule has 0 aromatic heterocycles. The molecule has 3 saturated heterocycles. The van der Waals surface area contributed by atoms with Crippen molar-refractivity contribution >= 4 is 0 Å². The molecule has 1 aliphatic carbocycles. The third-order valence-electron chi connectivity index (χ3n) is 3.71. The molecular weight excluding hydrogens is 122 g/mol. The van der Waals surface area contributed by atoms with Crippen molar-refractivity contribution in [2.45, 2.75) is 31.7 Å². The number of nitrogens with zero attached hydrogens (tertiary/aromatic N) is 1. The highest BCUT2D eigenvalue weighted by Crippen LogP contribution is 2.44. The van der Waals surface area contributed by atoms with Gasteiger partial charge in [0.25, 0.3) is 0 Å². The molecule has 1 nitrogen and oxygen atoms in total. The molecule has 56 valence electrons. The predicted molar refractivity (Wildman–Crippen MR) is 40.8 cm³/mol. The van der Waals surface area contributed by atoms with Gasteiger partial charge in [-0.05, 0) is 31.1 Å². The summed E-state index contributed by atoms with van der Waals surface area (Å²) in [5, 5.41) is 0. The largest absolute Gasteiger partial charge is 0.299 e. The van der Waals surface area contributed by atoms with Crippen molar-refractivity contribution in [3.8, 4) is 0 Å². The lowest BCUT2D eigenvalue weighted by atomic mass is 9.78. The summed E-state index contributed by atoms with van der Waals surface area (Å²) >= 11 is 0. The third kappa shape index (κ3) is 0.572. The Bertz CT molecular complexity index is 149. The quantitative estimate of drug-likeness (QED) is 0.489. The maximum atomic E-state index is 2.71. The van der Waals surface area contributed by atoms with Gasteiger partial charge in [0, 0.05) is 19.1 Å². The highest BCUT2D eigenvalue weighted by Gasteiger charge is 2.45. The lowest BCUT2D eigenvalue weighted by Crippen LogP contribution is -2.58. The van der Waals surface area contributed by atoms with E-state index in [1.54, 1.807) is 6.42 Å². The molecule has 0 spiro atoms. The molecule has 2 atom stereocenters. The smallest absolute Gasteiger partial charge is 0.0124 e. The van der Waals surface area contributed by atoms with Gasteiger partial charge in [0.05, 0.1) is 0 Å². The molecule has 4 rings (SSSR count). The molecule has 2 bridgehead atoms. The van der Waals surface area contributed by atoms with Gasteiger partial charge < -0.3 is 0 Å². The molecular formula is C9H15N. The fourth-order valence-electron chi connectivity index (χ4n) is 3.23. The van der Waals surface area contributed by atoms with Gasteiger partial charge in [-0.3, -0.25) is 4.90 Å². The monoisotopic (exact) mass is 137 g/mol. The topological polar surface area (TPSA) is 3.24 Å². The van der Waals surface area contributed by atoms with E-state index in [1.807, 2.05) is 0 Å². The molecule has 0 N–H and O–H groups in total. The summed E-state index contributed by atoms with van der Waals surface area (Å²) in [5.74, 6) is 2.23. The average molecular weight is 137 g/mol. The molecule has 3 heterocycles. The zero-order valence-electron chi connectivity index (χ0n) is 6.42. The predicted octanol–water partition coefficient (Wildman–Crippen LogP) is 1.49. The fourth-order valence-corrected chi connectivity index (χ4v) is 3.23. The Morgan fingerprint density at radius 2 is 2.00 bits per heavy atom. The molecule has 10 heavy (non-hydrogen) atoms. The van der Waals surface area contributed by atoms with Gasteiger partial charge in [-0.2, -0.15) is 0 Å². The Morgan fingerprint density at radius 3 is 2.80 bits per heavy atom. The lowest BCUT2D eigenvalue weighted by Gasteiger charge is -2.52. The van der Waals surface area contributed by atoms with E-state index in [0.717, 1.165) is 17.9 Å². The molecule has 2 unspecified atom stereocenters. The molecule has 0 aromatic rings. The second-order valence-electron chi connectivity index (χ2n) is 4.31. The molecule has 3 aliphatic heterocycles. The Labute approximate surface area is 62.4 Å². The van der Waals surface area contributed by atoms with Crippen LogP contribution in [0.5, 0.6) is 0 Å². The maximum absolute atomic E-state index is 2.71. The molecule has 4 fully saturated rings. The summed E-state index contributed by atoms with van der Waals surface area (Å²) in [6, 6.07) is 1.03. The van der Waals surface area contributed by atoms with Gasteiger partial charge in [0.2, 0.25) is 0 Å². The van der Waals surface area contributed by atoms with Crippen molar-refractivity contribution in [1.29, 1.82) is 0 Å². The van der Waals surface area contributed by atoms with Crippen molar-refractivity contribution < 1.29 is 0 Å². The minimum absolute atomic E-state index is 1.03. The number of rotatable bonds is 0. The first-order valence-corrected chi connectivity index (χ1v) is 4.67. The van der Waals surface area contributed by atoms with Crippen LogP contribution in [-0.4, -0.2) is 24.0 Å². The van der Waals surface area contributed by atoms with Crippen molar-refractivity contribution in [2.75, 3.05) is 13.1 Å². The van der Waals surface area contributed by atoms with Crippen LogP contribution in [0, 0.1) is 11.8 Å². The molecule has 1 saturated carbocycles. The van der Waals surface area contributed by atoms with E-state index in [0.29, 0.717) is 0 Å². The van der Waals surface area contributed by atoms with Crippen LogP contribution in [0.25, 0.3) is 0 Å². The van der Waals surface area contributed by atoms with Crippen molar-refractivity contribution in [3.05, 3.63) is 0 Å². The SMILES string of the molecule is C1CC2CC3CN(C3)C2C1. The standard InChI is InChI=1S/C9H15N/c1-2-8-4-7-5-10(6-7)9(8)3-1/h7-9H,1-6H2. The second kappa shape index (κ2) is 1.76. The number of piperidine rings is 2. The number of hydrogen-bond donors (Lipinski definition) is 0. The van der Waals surface area contributed by atoms with E-state index in [2.05, 4.69) is 4.90 Å². The summed E-state index contributed by atoms with van der Waals surface area (Å²) in [7, 11) is 0. The summed E-state index contributed by atoms with van der Waals surface area (Å²) < 4.78 is 0.